The third-order valence-electron chi connectivity index (χ3n) is 6.11. The lowest BCUT2D eigenvalue weighted by Crippen LogP contribution is -2.35. The molecule has 0 aliphatic carbocycles. The molecular formula is C23H24N6O. The third-order valence-corrected chi connectivity index (χ3v) is 6.11. The summed E-state index contributed by atoms with van der Waals surface area (Å²) >= 11 is 0. The molecule has 0 saturated carbocycles. The molecule has 7 nitrogen and oxygen atoms in total. The smallest absolute Gasteiger partial charge is 0.136 e. The van der Waals surface area contributed by atoms with Gasteiger partial charge in [0.05, 0.1) is 30.8 Å². The molecule has 6 rings (SSSR count). The fourth-order valence-electron chi connectivity index (χ4n) is 4.60. The van der Waals surface area contributed by atoms with Crippen molar-refractivity contribution in [3.05, 3.63) is 60.3 Å². The highest BCUT2D eigenvalue weighted by molar-refractivity contribution is 5.82. The maximum absolute atomic E-state index is 5.49. The van der Waals surface area contributed by atoms with Crippen molar-refractivity contribution in [2.45, 2.75) is 25.9 Å². The molecule has 0 N–H and O–H groups in total. The summed E-state index contributed by atoms with van der Waals surface area (Å²) in [5.74, 6) is 0. The second-order valence-corrected chi connectivity index (χ2v) is 8.00. The highest BCUT2D eigenvalue weighted by Crippen LogP contribution is 2.37. The minimum atomic E-state index is 0.804. The Kier molecular flexibility index (Phi) is 4.35. The van der Waals surface area contributed by atoms with E-state index in [-0.39, 0.29) is 0 Å². The lowest BCUT2D eigenvalue weighted by molar-refractivity contribution is 0.0335. The average molecular weight is 400 g/mol. The zero-order valence-corrected chi connectivity index (χ0v) is 16.9. The fourth-order valence-corrected chi connectivity index (χ4v) is 4.60. The largest absolute Gasteiger partial charge is 0.379 e. The Morgan fingerprint density at radius 1 is 1.00 bits per heavy atom. The number of ether oxygens (including phenoxy) is 1. The van der Waals surface area contributed by atoms with Gasteiger partial charge >= 0.3 is 0 Å². The summed E-state index contributed by atoms with van der Waals surface area (Å²) in [5, 5.41) is 4.93. The van der Waals surface area contributed by atoms with Gasteiger partial charge in [-0.2, -0.15) is 5.10 Å². The van der Waals surface area contributed by atoms with Crippen LogP contribution in [0.25, 0.3) is 28.2 Å². The molecule has 0 amide bonds. The van der Waals surface area contributed by atoms with Crippen molar-refractivity contribution in [3.63, 3.8) is 0 Å². The molecule has 7 heteroatoms. The molecular weight excluding hydrogens is 376 g/mol. The Morgan fingerprint density at radius 2 is 1.93 bits per heavy atom. The summed E-state index contributed by atoms with van der Waals surface area (Å²) in [6, 6.07) is 10.3. The molecule has 4 aromatic heterocycles. The van der Waals surface area contributed by atoms with Crippen molar-refractivity contribution in [3.8, 4) is 22.5 Å². The van der Waals surface area contributed by atoms with E-state index in [9.17, 15) is 0 Å². The summed E-state index contributed by atoms with van der Waals surface area (Å²) < 4.78 is 9.88. The highest BCUT2D eigenvalue weighted by atomic mass is 16.5. The van der Waals surface area contributed by atoms with Gasteiger partial charge < -0.3 is 9.14 Å². The second kappa shape index (κ2) is 7.34. The van der Waals surface area contributed by atoms with E-state index in [2.05, 4.69) is 42.3 Å². The van der Waals surface area contributed by atoms with Gasteiger partial charge in [0, 0.05) is 55.4 Å². The number of imidazole rings is 1. The van der Waals surface area contributed by atoms with Crippen LogP contribution in [0.1, 0.15) is 17.8 Å². The van der Waals surface area contributed by atoms with E-state index >= 15 is 0 Å². The molecule has 2 aliphatic heterocycles. The van der Waals surface area contributed by atoms with E-state index in [4.69, 9.17) is 9.84 Å². The van der Waals surface area contributed by atoms with E-state index in [0.717, 1.165) is 69.3 Å². The first-order chi connectivity index (χ1) is 14.9. The van der Waals surface area contributed by atoms with E-state index in [0.29, 0.717) is 0 Å². The van der Waals surface area contributed by atoms with Crippen LogP contribution in [-0.4, -0.2) is 55.4 Å². The number of aromatic nitrogens is 5. The normalized spacial score (nSPS) is 16.9. The first-order valence-corrected chi connectivity index (χ1v) is 10.6. The molecule has 0 aromatic carbocycles. The summed E-state index contributed by atoms with van der Waals surface area (Å²) in [6.07, 6.45) is 8.26. The number of morpholine rings is 1. The Labute approximate surface area is 174 Å². The first kappa shape index (κ1) is 17.8. The van der Waals surface area contributed by atoms with E-state index in [1.54, 1.807) is 0 Å². The summed E-state index contributed by atoms with van der Waals surface area (Å²) in [7, 11) is 0. The van der Waals surface area contributed by atoms with Crippen LogP contribution >= 0.6 is 0 Å². The summed E-state index contributed by atoms with van der Waals surface area (Å²) in [6.45, 7) is 5.40. The van der Waals surface area contributed by atoms with Gasteiger partial charge in [0.25, 0.3) is 0 Å². The van der Waals surface area contributed by atoms with Crippen molar-refractivity contribution in [2.24, 2.45) is 0 Å². The van der Waals surface area contributed by atoms with Gasteiger partial charge in [0.2, 0.25) is 0 Å². The Balaban J connectivity index is 1.45. The minimum absolute atomic E-state index is 0.804. The van der Waals surface area contributed by atoms with Crippen LogP contribution in [0.15, 0.2) is 48.9 Å². The van der Waals surface area contributed by atoms with Crippen molar-refractivity contribution >= 4 is 5.65 Å². The predicted octanol–water partition coefficient (Wildman–Crippen LogP) is 3.04. The molecule has 0 radical (unpaired) electrons. The van der Waals surface area contributed by atoms with Crippen LogP contribution in [0.2, 0.25) is 0 Å². The van der Waals surface area contributed by atoms with E-state index in [1.165, 1.54) is 22.5 Å². The van der Waals surface area contributed by atoms with Crippen molar-refractivity contribution < 1.29 is 4.74 Å². The lowest BCUT2D eigenvalue weighted by Gasteiger charge is -2.26. The van der Waals surface area contributed by atoms with Gasteiger partial charge in [-0.1, -0.05) is 6.07 Å². The van der Waals surface area contributed by atoms with Crippen LogP contribution < -0.4 is 0 Å². The van der Waals surface area contributed by atoms with Gasteiger partial charge in [-0.05, 0) is 37.1 Å². The van der Waals surface area contributed by atoms with Crippen LogP contribution in [-0.2, 0) is 24.2 Å². The van der Waals surface area contributed by atoms with Crippen LogP contribution in [0.3, 0.4) is 0 Å². The summed E-state index contributed by atoms with van der Waals surface area (Å²) in [4.78, 5) is 11.6. The monoisotopic (exact) mass is 400 g/mol. The molecule has 30 heavy (non-hydrogen) atoms. The molecule has 152 valence electrons. The zero-order valence-electron chi connectivity index (χ0n) is 16.9. The predicted molar refractivity (Wildman–Crippen MR) is 114 cm³/mol. The SMILES string of the molecule is c1ccc(-c2nn3c(c2-c2ccc4ncc(CN5CCOCC5)n4c2)CCC3)nc1. The molecule has 2 aliphatic rings. The maximum Gasteiger partial charge on any atom is 0.136 e. The number of rotatable bonds is 4. The summed E-state index contributed by atoms with van der Waals surface area (Å²) in [5.41, 5.74) is 7.77. The second-order valence-electron chi connectivity index (χ2n) is 8.00. The number of fused-ring (bicyclic) bond motifs is 2. The topological polar surface area (TPSA) is 60.5 Å². The number of aryl methyl sites for hydroxylation is 1. The maximum atomic E-state index is 5.49. The molecule has 4 aromatic rings. The Morgan fingerprint density at radius 3 is 2.80 bits per heavy atom. The third kappa shape index (κ3) is 3.02. The molecule has 0 spiro atoms. The van der Waals surface area contributed by atoms with Crippen LogP contribution in [0.5, 0.6) is 0 Å². The van der Waals surface area contributed by atoms with Gasteiger partial charge in [-0.15, -0.1) is 0 Å². The van der Waals surface area contributed by atoms with Crippen LogP contribution in [0.4, 0.5) is 0 Å². The standard InChI is InChI=1S/C23H24N6O/c1-2-8-24-19(4-1)23-22(20-5-3-9-29(20)26-23)17-6-7-21-25-14-18(28(21)15-17)16-27-10-12-30-13-11-27/h1-2,4,6-8,14-15H,3,5,9-13,16H2. The van der Waals surface area contributed by atoms with Gasteiger partial charge in [0.1, 0.15) is 11.3 Å². The molecule has 0 bridgehead atoms. The van der Waals surface area contributed by atoms with E-state index < -0.39 is 0 Å². The zero-order chi connectivity index (χ0) is 19.9. The number of hydrogen-bond acceptors (Lipinski definition) is 5. The van der Waals surface area contributed by atoms with Crippen molar-refractivity contribution in [2.75, 3.05) is 26.3 Å². The van der Waals surface area contributed by atoms with E-state index in [1.807, 2.05) is 30.6 Å². The number of hydrogen-bond donors (Lipinski definition) is 0. The first-order valence-electron chi connectivity index (χ1n) is 10.6. The minimum Gasteiger partial charge on any atom is -0.379 e. The molecule has 6 heterocycles. The molecule has 0 atom stereocenters. The molecule has 1 fully saturated rings. The molecule has 0 unspecified atom stereocenters. The lowest BCUT2D eigenvalue weighted by atomic mass is 10.0. The Bertz CT molecular complexity index is 1190. The van der Waals surface area contributed by atoms with Gasteiger partial charge in [-0.3, -0.25) is 14.6 Å². The highest BCUT2D eigenvalue weighted by Gasteiger charge is 2.25. The quantitative estimate of drug-likeness (QED) is 0.527. The number of pyridine rings is 2. The van der Waals surface area contributed by atoms with Gasteiger partial charge in [-0.25, -0.2) is 4.98 Å². The Hall–Kier alpha value is -3.03. The average Bonchev–Trinajstić information content (AvgIpc) is 3.50. The fraction of sp³-hybridized carbons (Fsp3) is 0.348. The number of nitrogens with zero attached hydrogens (tertiary/aromatic N) is 6. The van der Waals surface area contributed by atoms with Crippen molar-refractivity contribution in [1.82, 2.24) is 29.0 Å². The van der Waals surface area contributed by atoms with Crippen molar-refractivity contribution in [1.29, 1.82) is 0 Å². The van der Waals surface area contributed by atoms with Crippen LogP contribution in [0, 0.1) is 0 Å². The molecule has 1 saturated heterocycles. The van der Waals surface area contributed by atoms with Gasteiger partial charge in [0.15, 0.2) is 0 Å².